The van der Waals surface area contributed by atoms with E-state index in [2.05, 4.69) is 203 Å². The Morgan fingerprint density at radius 2 is 0.983 bits per heavy atom. The first-order chi connectivity index (χ1) is 28.8. The fraction of sp³-hybridized carbons (Fsp3) is 0. The molecule has 1 aliphatic carbocycles. The lowest BCUT2D eigenvalue weighted by molar-refractivity contribution is 1.18. The highest BCUT2D eigenvalue weighted by atomic mass is 15.0. The number of aromatic nitrogens is 3. The minimum atomic E-state index is 1.02. The average Bonchev–Trinajstić information content (AvgIpc) is 3.93. The van der Waals surface area contributed by atoms with Gasteiger partial charge in [-0.05, 0) is 99.3 Å². The summed E-state index contributed by atoms with van der Waals surface area (Å²) < 4.78 is 4.80. The van der Waals surface area contributed by atoms with Gasteiger partial charge in [0, 0.05) is 61.0 Å². The molecule has 0 saturated carbocycles. The molecule has 0 N–H and O–H groups in total. The van der Waals surface area contributed by atoms with Crippen molar-refractivity contribution < 1.29 is 0 Å². The summed E-state index contributed by atoms with van der Waals surface area (Å²) in [6.07, 6.45) is 2.04. The molecule has 0 aliphatic heterocycles. The third-order valence-electron chi connectivity index (χ3n) is 12.5. The van der Waals surface area contributed by atoms with E-state index in [0.29, 0.717) is 0 Å². The maximum atomic E-state index is 5.14. The summed E-state index contributed by atoms with van der Waals surface area (Å²) >= 11 is 0. The van der Waals surface area contributed by atoms with Gasteiger partial charge in [0.2, 0.25) is 0 Å². The van der Waals surface area contributed by atoms with Gasteiger partial charge in [0.15, 0.2) is 0 Å². The van der Waals surface area contributed by atoms with Crippen molar-refractivity contribution in [1.29, 1.82) is 0 Å². The van der Waals surface area contributed by atoms with Crippen LogP contribution in [0, 0.1) is 0 Å². The normalized spacial score (nSPS) is 12.1. The number of hydrogen-bond donors (Lipinski definition) is 0. The topological polar surface area (TPSA) is 22.8 Å². The molecule has 13 rings (SSSR count). The number of fused-ring (bicyclic) bond motifs is 11. The van der Waals surface area contributed by atoms with Crippen molar-refractivity contribution in [3.05, 3.63) is 200 Å². The first kappa shape index (κ1) is 31.5. The lowest BCUT2D eigenvalue weighted by Gasteiger charge is -2.13. The van der Waals surface area contributed by atoms with E-state index in [4.69, 9.17) is 4.98 Å². The SMILES string of the molecule is c1ccc(-n2c3ccccc3c3cc(-c4ccc5c(ccc6c5c5ccccc5n6-c5cccc(-c6ncc7cccc8c7c6-c6ccccc6-8)c5)c4)ccc32)cc1. The molecular formula is C55H33N3. The zero-order valence-electron chi connectivity index (χ0n) is 31.4. The van der Waals surface area contributed by atoms with Gasteiger partial charge < -0.3 is 9.13 Å². The third kappa shape index (κ3) is 4.36. The highest BCUT2D eigenvalue weighted by Gasteiger charge is 2.25. The van der Waals surface area contributed by atoms with Gasteiger partial charge in [-0.1, -0.05) is 133 Å². The van der Waals surface area contributed by atoms with Crippen LogP contribution in [0.3, 0.4) is 0 Å². The van der Waals surface area contributed by atoms with Crippen LogP contribution >= 0.6 is 0 Å². The van der Waals surface area contributed by atoms with Gasteiger partial charge in [0.05, 0.1) is 27.8 Å². The molecule has 1 aliphatic rings. The summed E-state index contributed by atoms with van der Waals surface area (Å²) in [6, 6.07) is 71.0. The van der Waals surface area contributed by atoms with E-state index in [1.165, 1.54) is 104 Å². The molecule has 0 bridgehead atoms. The molecule has 3 aromatic heterocycles. The van der Waals surface area contributed by atoms with E-state index in [9.17, 15) is 0 Å². The quantitative estimate of drug-likeness (QED) is 0.176. The molecule has 0 unspecified atom stereocenters. The number of benzene rings is 9. The lowest BCUT2D eigenvalue weighted by atomic mass is 9.97. The molecule has 3 heteroatoms. The van der Waals surface area contributed by atoms with Gasteiger partial charge in [-0.3, -0.25) is 4.98 Å². The predicted molar refractivity (Wildman–Crippen MR) is 243 cm³/mol. The average molecular weight is 736 g/mol. The third-order valence-corrected chi connectivity index (χ3v) is 12.5. The molecule has 0 amide bonds. The van der Waals surface area contributed by atoms with Crippen molar-refractivity contribution in [1.82, 2.24) is 14.1 Å². The Hall–Kier alpha value is -7.75. The first-order valence-corrected chi connectivity index (χ1v) is 20.0. The summed E-state index contributed by atoms with van der Waals surface area (Å²) in [5, 5.41) is 9.99. The van der Waals surface area contributed by atoms with Crippen LogP contribution < -0.4 is 0 Å². The maximum Gasteiger partial charge on any atom is 0.0787 e. The van der Waals surface area contributed by atoms with Crippen LogP contribution in [0.2, 0.25) is 0 Å². The monoisotopic (exact) mass is 735 g/mol. The minimum Gasteiger partial charge on any atom is -0.309 e. The van der Waals surface area contributed by atoms with Gasteiger partial charge >= 0.3 is 0 Å². The van der Waals surface area contributed by atoms with Crippen LogP contribution in [0.5, 0.6) is 0 Å². The van der Waals surface area contributed by atoms with Crippen LogP contribution in [0.1, 0.15) is 0 Å². The molecule has 12 aromatic rings. The molecule has 3 heterocycles. The Morgan fingerprint density at radius 1 is 0.328 bits per heavy atom. The molecule has 0 atom stereocenters. The van der Waals surface area contributed by atoms with Crippen LogP contribution in [0.15, 0.2) is 200 Å². The number of nitrogens with zero attached hydrogens (tertiary/aromatic N) is 3. The number of hydrogen-bond acceptors (Lipinski definition) is 1. The molecule has 268 valence electrons. The zero-order chi connectivity index (χ0) is 37.9. The number of rotatable bonds is 4. The van der Waals surface area contributed by atoms with Crippen LogP contribution in [0.4, 0.5) is 0 Å². The molecule has 0 fully saturated rings. The Kier molecular flexibility index (Phi) is 6.44. The maximum absolute atomic E-state index is 5.14. The Balaban J connectivity index is 0.963. The summed E-state index contributed by atoms with van der Waals surface area (Å²) in [4.78, 5) is 5.14. The standard InChI is InChI=1S/C55H33N3/c1-2-14-39(15-3-1)57-48-22-8-6-18-43(48)47-32-35(25-28-50(47)57)34-24-27-41-36(30-34)26-29-51-53(41)46-20-7-9-23-49(46)58(51)40-16-10-12-37(31-40)55-54-45-19-5-4-17-42(45)44-21-11-13-38(33-56-55)52(44)54/h1-33H. The second kappa shape index (κ2) is 11.9. The summed E-state index contributed by atoms with van der Waals surface area (Å²) in [6.45, 7) is 0. The largest absolute Gasteiger partial charge is 0.309 e. The van der Waals surface area contributed by atoms with Crippen molar-refractivity contribution in [2.45, 2.75) is 0 Å². The molecule has 0 saturated heterocycles. The second-order valence-corrected chi connectivity index (χ2v) is 15.5. The zero-order valence-corrected chi connectivity index (χ0v) is 31.4. The fourth-order valence-electron chi connectivity index (χ4n) is 9.97. The first-order valence-electron chi connectivity index (χ1n) is 20.0. The van der Waals surface area contributed by atoms with Gasteiger partial charge in [0.25, 0.3) is 0 Å². The molecule has 3 nitrogen and oxygen atoms in total. The van der Waals surface area contributed by atoms with E-state index in [1.54, 1.807) is 0 Å². The van der Waals surface area contributed by atoms with E-state index < -0.39 is 0 Å². The van der Waals surface area contributed by atoms with Gasteiger partial charge in [-0.15, -0.1) is 0 Å². The van der Waals surface area contributed by atoms with E-state index >= 15 is 0 Å². The number of pyridine rings is 1. The van der Waals surface area contributed by atoms with E-state index in [-0.39, 0.29) is 0 Å². The Bertz CT molecular complexity index is 3680. The lowest BCUT2D eigenvalue weighted by Crippen LogP contribution is -1.95. The number of para-hydroxylation sites is 3. The van der Waals surface area contributed by atoms with Crippen molar-refractivity contribution in [2.75, 3.05) is 0 Å². The molecule has 9 aromatic carbocycles. The van der Waals surface area contributed by atoms with Crippen molar-refractivity contribution in [3.63, 3.8) is 0 Å². The molecule has 58 heavy (non-hydrogen) atoms. The van der Waals surface area contributed by atoms with Crippen LogP contribution in [-0.4, -0.2) is 14.1 Å². The molecule has 0 radical (unpaired) electrons. The summed E-state index contributed by atoms with van der Waals surface area (Å²) in [5.74, 6) is 0. The predicted octanol–water partition coefficient (Wildman–Crippen LogP) is 14.6. The smallest absolute Gasteiger partial charge is 0.0787 e. The minimum absolute atomic E-state index is 1.02. The molecule has 0 spiro atoms. The highest BCUT2D eigenvalue weighted by Crippen LogP contribution is 2.50. The van der Waals surface area contributed by atoms with E-state index in [1.807, 2.05) is 6.20 Å². The van der Waals surface area contributed by atoms with Gasteiger partial charge in [-0.25, -0.2) is 0 Å². The van der Waals surface area contributed by atoms with E-state index in [0.717, 1.165) is 16.9 Å². The second-order valence-electron chi connectivity index (χ2n) is 15.5. The Morgan fingerprint density at radius 3 is 1.88 bits per heavy atom. The Labute approximate surface area is 334 Å². The van der Waals surface area contributed by atoms with Crippen molar-refractivity contribution in [3.8, 4) is 56.0 Å². The van der Waals surface area contributed by atoms with Gasteiger partial charge in [0.1, 0.15) is 0 Å². The van der Waals surface area contributed by atoms with Crippen molar-refractivity contribution in [2.24, 2.45) is 0 Å². The fourth-order valence-corrected chi connectivity index (χ4v) is 9.97. The van der Waals surface area contributed by atoms with Crippen molar-refractivity contribution >= 4 is 65.2 Å². The van der Waals surface area contributed by atoms with Gasteiger partial charge in [-0.2, -0.15) is 0 Å². The van der Waals surface area contributed by atoms with Crippen LogP contribution in [-0.2, 0) is 0 Å². The molecular weight excluding hydrogens is 703 g/mol. The van der Waals surface area contributed by atoms with Crippen LogP contribution in [0.25, 0.3) is 121 Å². The summed E-state index contributed by atoms with van der Waals surface area (Å²) in [5.41, 5.74) is 16.7. The summed E-state index contributed by atoms with van der Waals surface area (Å²) in [7, 11) is 0. The highest BCUT2D eigenvalue weighted by molar-refractivity contribution is 6.22.